The van der Waals surface area contributed by atoms with E-state index in [0.29, 0.717) is 26.9 Å². The Morgan fingerprint density at radius 3 is 2.33 bits per heavy atom. The van der Waals surface area contributed by atoms with E-state index in [2.05, 4.69) is 10.3 Å². The van der Waals surface area contributed by atoms with E-state index >= 15 is 0 Å². The molecule has 0 aliphatic heterocycles. The lowest BCUT2D eigenvalue weighted by Crippen LogP contribution is -2.33. The molecule has 1 amide bonds. The Hall–Kier alpha value is -3.39. The number of amides is 1. The van der Waals surface area contributed by atoms with E-state index in [9.17, 15) is 19.8 Å². The van der Waals surface area contributed by atoms with Crippen LogP contribution in [0, 0.1) is 0 Å². The first kappa shape index (κ1) is 22.8. The van der Waals surface area contributed by atoms with Crippen molar-refractivity contribution in [3.05, 3.63) is 70.4 Å². The molecule has 168 valence electrons. The fourth-order valence-electron chi connectivity index (χ4n) is 3.40. The van der Waals surface area contributed by atoms with Crippen molar-refractivity contribution in [3.8, 4) is 22.4 Å². The van der Waals surface area contributed by atoms with E-state index in [0.717, 1.165) is 5.56 Å². The summed E-state index contributed by atoms with van der Waals surface area (Å²) in [6.45, 7) is 2.54. The molecule has 0 bridgehead atoms. The lowest BCUT2D eigenvalue weighted by molar-refractivity contribution is -0.242. The molecule has 0 radical (unpaired) electrons. The average molecular weight is 484 g/mol. The van der Waals surface area contributed by atoms with Gasteiger partial charge in [-0.25, -0.2) is 4.98 Å². The van der Waals surface area contributed by atoms with Gasteiger partial charge < -0.3 is 24.7 Å². The van der Waals surface area contributed by atoms with E-state index in [4.69, 9.17) is 27.6 Å². The number of nitrogens with zero attached hydrogens (tertiary/aromatic N) is 1. The van der Waals surface area contributed by atoms with Gasteiger partial charge in [-0.15, -0.1) is 0 Å². The Morgan fingerprint density at radius 2 is 1.73 bits per heavy atom. The van der Waals surface area contributed by atoms with Crippen molar-refractivity contribution in [2.24, 2.45) is 0 Å². The van der Waals surface area contributed by atoms with Crippen LogP contribution in [0.1, 0.15) is 24.4 Å². The van der Waals surface area contributed by atoms with Gasteiger partial charge in [0.15, 0.2) is 5.76 Å². The molecule has 9 heteroatoms. The number of carboxylic acid groups (broad SMARTS) is 1. The van der Waals surface area contributed by atoms with Gasteiger partial charge in [0.1, 0.15) is 11.7 Å². The number of anilines is 1. The molecule has 33 heavy (non-hydrogen) atoms. The molecule has 7 nitrogen and oxygen atoms in total. The minimum absolute atomic E-state index is 0.0148. The molecule has 2 aromatic heterocycles. The molecular formula is C24H17Cl2N2O5-. The minimum Gasteiger partial charge on any atom is -0.530 e. The van der Waals surface area contributed by atoms with Crippen molar-refractivity contribution >= 4 is 51.9 Å². The van der Waals surface area contributed by atoms with Gasteiger partial charge in [-0.1, -0.05) is 53.5 Å². The van der Waals surface area contributed by atoms with E-state index < -0.39 is 17.5 Å². The van der Waals surface area contributed by atoms with Gasteiger partial charge in [-0.3, -0.25) is 4.79 Å². The van der Waals surface area contributed by atoms with Crippen LogP contribution in [0.4, 0.5) is 10.5 Å². The number of ketones is 1. The molecule has 0 saturated carbocycles. The summed E-state index contributed by atoms with van der Waals surface area (Å²) in [6.07, 6.45) is -1.65. The molecule has 0 aliphatic carbocycles. The molecule has 2 N–H and O–H groups in total. The van der Waals surface area contributed by atoms with E-state index in [-0.39, 0.29) is 22.5 Å². The van der Waals surface area contributed by atoms with Crippen LogP contribution in [0.25, 0.3) is 33.5 Å². The summed E-state index contributed by atoms with van der Waals surface area (Å²) in [5.74, 6) is -1.20. The normalized spacial score (nSPS) is 11.5. The van der Waals surface area contributed by atoms with E-state index in [1.807, 2.05) is 0 Å². The van der Waals surface area contributed by atoms with Crippen LogP contribution in [0.5, 0.6) is 0 Å². The zero-order valence-corrected chi connectivity index (χ0v) is 19.0. The van der Waals surface area contributed by atoms with E-state index in [1.54, 1.807) is 54.6 Å². The largest absolute Gasteiger partial charge is 0.530 e. The Kier molecular flexibility index (Phi) is 5.88. The van der Waals surface area contributed by atoms with Gasteiger partial charge in [0.2, 0.25) is 11.5 Å². The van der Waals surface area contributed by atoms with Crippen LogP contribution in [0.3, 0.4) is 0 Å². The van der Waals surface area contributed by atoms with Gasteiger partial charge in [0.05, 0.1) is 16.8 Å². The molecular weight excluding hydrogens is 467 g/mol. The van der Waals surface area contributed by atoms with Crippen LogP contribution in [-0.4, -0.2) is 27.6 Å². The number of aliphatic hydroxyl groups is 1. The topological polar surface area (TPSA) is 115 Å². The van der Waals surface area contributed by atoms with Crippen molar-refractivity contribution < 1.29 is 24.2 Å². The summed E-state index contributed by atoms with van der Waals surface area (Å²) >= 11 is 12.5. The Balaban J connectivity index is 2.08. The molecule has 0 saturated heterocycles. The van der Waals surface area contributed by atoms with Crippen LogP contribution in [0.15, 0.2) is 59.0 Å². The Morgan fingerprint density at radius 1 is 1.06 bits per heavy atom. The molecule has 2 aromatic carbocycles. The SMILES string of the molecule is CC(C)(O)C(=O)c1oc2nc(-c3ccccc3Cl)c(-c3ccc(Cl)cc3)cc2c1NC(=O)[O-]. The summed E-state index contributed by atoms with van der Waals surface area (Å²) < 4.78 is 5.66. The molecule has 0 fully saturated rings. The zero-order valence-electron chi connectivity index (χ0n) is 17.5. The number of nitrogens with one attached hydrogen (secondary N) is 1. The molecule has 0 atom stereocenters. The quantitative estimate of drug-likeness (QED) is 0.378. The maximum atomic E-state index is 12.8. The van der Waals surface area contributed by atoms with Crippen molar-refractivity contribution in [1.29, 1.82) is 0 Å². The number of hydrogen-bond donors (Lipinski definition) is 2. The predicted molar refractivity (Wildman–Crippen MR) is 125 cm³/mol. The highest BCUT2D eigenvalue weighted by Crippen LogP contribution is 2.41. The van der Waals surface area contributed by atoms with Crippen LogP contribution in [-0.2, 0) is 0 Å². The standard InChI is InChI=1S/C24H18Cl2N2O5/c1-24(2,32)21(29)20-19(28-23(30)31)16-11-15(12-7-9-13(25)10-8-12)18(27-22(16)33-20)14-5-3-4-6-17(14)26/h3-11,28,32H,1-2H3,(H,30,31)/p-1. The molecule has 2 heterocycles. The second kappa shape index (κ2) is 8.51. The first-order chi connectivity index (χ1) is 15.6. The number of fused-ring (bicyclic) bond motifs is 1. The second-order valence-electron chi connectivity index (χ2n) is 7.83. The molecule has 4 aromatic rings. The highest BCUT2D eigenvalue weighted by Gasteiger charge is 2.33. The fourth-order valence-corrected chi connectivity index (χ4v) is 3.75. The third-order valence-electron chi connectivity index (χ3n) is 4.96. The number of furan rings is 1. The third-order valence-corrected chi connectivity index (χ3v) is 5.54. The van der Waals surface area contributed by atoms with E-state index in [1.165, 1.54) is 13.8 Å². The maximum Gasteiger partial charge on any atom is 0.231 e. The van der Waals surface area contributed by atoms with Gasteiger partial charge in [-0.2, -0.15) is 0 Å². The summed E-state index contributed by atoms with van der Waals surface area (Å²) in [5.41, 5.74) is 0.375. The van der Waals surface area contributed by atoms with Crippen molar-refractivity contribution in [2.45, 2.75) is 19.4 Å². The monoisotopic (exact) mass is 483 g/mol. The van der Waals surface area contributed by atoms with Crippen molar-refractivity contribution in [1.82, 2.24) is 4.98 Å². The first-order valence-corrected chi connectivity index (χ1v) is 10.6. The summed E-state index contributed by atoms with van der Waals surface area (Å²) in [5, 5.41) is 24.9. The number of pyridine rings is 1. The minimum atomic E-state index is -1.82. The highest BCUT2D eigenvalue weighted by atomic mass is 35.5. The number of carbonyl (C=O) groups excluding carboxylic acids is 2. The molecule has 0 aliphatic rings. The lowest BCUT2D eigenvalue weighted by Gasteiger charge is -2.15. The summed E-state index contributed by atoms with van der Waals surface area (Å²) in [6, 6.07) is 15.7. The highest BCUT2D eigenvalue weighted by molar-refractivity contribution is 6.33. The second-order valence-corrected chi connectivity index (χ2v) is 8.67. The van der Waals surface area contributed by atoms with Gasteiger partial charge >= 0.3 is 0 Å². The van der Waals surface area contributed by atoms with Crippen LogP contribution >= 0.6 is 23.2 Å². The molecule has 0 unspecified atom stereocenters. The number of carbonyl (C=O) groups is 2. The number of benzene rings is 2. The third kappa shape index (κ3) is 4.43. The first-order valence-electron chi connectivity index (χ1n) is 9.80. The van der Waals surface area contributed by atoms with Crippen molar-refractivity contribution in [2.75, 3.05) is 5.32 Å². The predicted octanol–water partition coefficient (Wildman–Crippen LogP) is 5.18. The summed E-state index contributed by atoms with van der Waals surface area (Å²) in [7, 11) is 0. The lowest BCUT2D eigenvalue weighted by atomic mass is 9.97. The number of rotatable bonds is 5. The molecule has 0 spiro atoms. The summed E-state index contributed by atoms with van der Waals surface area (Å²) in [4.78, 5) is 28.7. The van der Waals surface area contributed by atoms with Gasteiger partial charge in [0, 0.05) is 21.2 Å². The number of aromatic nitrogens is 1. The maximum absolute atomic E-state index is 12.8. The fraction of sp³-hybridized carbons (Fsp3) is 0.125. The van der Waals surface area contributed by atoms with Gasteiger partial charge in [-0.05, 0) is 43.7 Å². The Labute approximate surface area is 198 Å². The Bertz CT molecular complexity index is 1390. The number of halogens is 2. The smallest absolute Gasteiger partial charge is 0.231 e. The van der Waals surface area contributed by atoms with Gasteiger partial charge in [0.25, 0.3) is 0 Å². The van der Waals surface area contributed by atoms with Crippen molar-refractivity contribution in [3.63, 3.8) is 0 Å². The number of hydrogen-bond acceptors (Lipinski definition) is 6. The molecule has 4 rings (SSSR count). The average Bonchev–Trinajstić information content (AvgIpc) is 3.09. The van der Waals surface area contributed by atoms with Crippen LogP contribution < -0.4 is 10.4 Å². The number of Topliss-reactive ketones (excluding diaryl/α,β-unsaturated/α-hetero) is 1. The van der Waals surface area contributed by atoms with Crippen LogP contribution in [0.2, 0.25) is 10.0 Å². The zero-order chi connectivity index (χ0) is 23.9.